The molecule has 2 N–H and O–H groups in total. The number of anilines is 2. The fourth-order valence-electron chi connectivity index (χ4n) is 2.41. The number of likely N-dealkylation sites (N-methyl/N-ethyl adjacent to an activating group) is 1. The maximum Gasteiger partial charge on any atom is 0.319 e. The molecule has 3 amide bonds. The zero-order valence-corrected chi connectivity index (χ0v) is 15.4. The third-order valence-electron chi connectivity index (χ3n) is 3.76. The van der Waals surface area contributed by atoms with Gasteiger partial charge in [0.05, 0.1) is 5.69 Å². The Morgan fingerprint density at radius 3 is 2.92 bits per heavy atom. The molecular formula is C15H19N7O3S. The van der Waals surface area contributed by atoms with E-state index in [1.54, 1.807) is 43.9 Å². The molecule has 2 aromatic rings. The molecule has 2 heterocycles. The maximum atomic E-state index is 12.0. The zero-order chi connectivity index (χ0) is 18.7. The van der Waals surface area contributed by atoms with Gasteiger partial charge >= 0.3 is 6.03 Å². The molecule has 3 rings (SSSR count). The van der Waals surface area contributed by atoms with Crippen LogP contribution in [0.4, 0.5) is 16.2 Å². The van der Waals surface area contributed by atoms with Gasteiger partial charge < -0.3 is 20.3 Å². The summed E-state index contributed by atoms with van der Waals surface area (Å²) in [7, 11) is 3.44. The van der Waals surface area contributed by atoms with Crippen molar-refractivity contribution in [2.45, 2.75) is 18.2 Å². The van der Waals surface area contributed by atoms with Gasteiger partial charge in [-0.1, -0.05) is 11.8 Å². The Kier molecular flexibility index (Phi) is 5.26. The molecule has 26 heavy (non-hydrogen) atoms. The van der Waals surface area contributed by atoms with Crippen LogP contribution >= 0.6 is 11.8 Å². The largest absolute Gasteiger partial charge is 0.479 e. The van der Waals surface area contributed by atoms with E-state index < -0.39 is 6.10 Å². The minimum absolute atomic E-state index is 0.130. The highest BCUT2D eigenvalue weighted by atomic mass is 32.2. The Hall–Kier alpha value is -2.82. The smallest absolute Gasteiger partial charge is 0.319 e. The maximum absolute atomic E-state index is 12.0. The van der Waals surface area contributed by atoms with Gasteiger partial charge in [0.25, 0.3) is 5.91 Å². The van der Waals surface area contributed by atoms with E-state index in [1.165, 1.54) is 16.7 Å². The molecule has 0 bridgehead atoms. The number of aromatic nitrogens is 4. The summed E-state index contributed by atoms with van der Waals surface area (Å²) in [6.07, 6.45) is -0.517. The molecule has 0 radical (unpaired) electrons. The first kappa shape index (κ1) is 18.0. The van der Waals surface area contributed by atoms with Crippen molar-refractivity contribution in [1.29, 1.82) is 0 Å². The highest BCUT2D eigenvalue weighted by Gasteiger charge is 2.29. The molecule has 1 aliphatic rings. The first-order chi connectivity index (χ1) is 12.5. The number of hydrogen-bond donors (Lipinski definition) is 2. The number of aryl methyl sites for hydroxylation is 1. The average molecular weight is 377 g/mol. The summed E-state index contributed by atoms with van der Waals surface area (Å²) in [6, 6.07) is 4.84. The quantitative estimate of drug-likeness (QED) is 0.587. The molecule has 138 valence electrons. The van der Waals surface area contributed by atoms with Crippen molar-refractivity contribution in [2.75, 3.05) is 29.6 Å². The van der Waals surface area contributed by atoms with Crippen LogP contribution in [0.25, 0.3) is 0 Å². The Labute approximate surface area is 154 Å². The molecule has 1 aliphatic heterocycles. The normalized spacial score (nSPS) is 16.0. The van der Waals surface area contributed by atoms with Crippen LogP contribution in [0.5, 0.6) is 5.75 Å². The lowest BCUT2D eigenvalue weighted by Crippen LogP contribution is -2.42. The van der Waals surface area contributed by atoms with Gasteiger partial charge in [0.15, 0.2) is 6.10 Å². The van der Waals surface area contributed by atoms with E-state index >= 15 is 0 Å². The third-order valence-corrected chi connectivity index (χ3v) is 4.77. The number of urea groups is 1. The second-order valence-electron chi connectivity index (χ2n) is 5.65. The fraction of sp³-hybridized carbons (Fsp3) is 0.400. The SMILES string of the molecule is CC1Oc2ccc(NC(=O)NCCSc3nnnn3C)cc2N(C)C1=O. The monoisotopic (exact) mass is 377 g/mol. The standard InChI is InChI=1S/C15H19N7O3S/c1-9-13(23)21(2)11-8-10(4-5-12(11)25-9)17-14(24)16-6-7-26-15-18-19-20-22(15)3/h4-5,8-9H,6-7H2,1-3H3,(H2,16,17,24). The number of benzene rings is 1. The van der Waals surface area contributed by atoms with E-state index in [0.717, 1.165) is 0 Å². The summed E-state index contributed by atoms with van der Waals surface area (Å²) in [5.74, 6) is 1.11. The Balaban J connectivity index is 1.52. The number of carbonyl (C=O) groups excluding carboxylic acids is 2. The molecule has 0 aliphatic carbocycles. The van der Waals surface area contributed by atoms with Gasteiger partial charge in [0, 0.05) is 32.1 Å². The molecule has 1 unspecified atom stereocenters. The molecule has 0 spiro atoms. The van der Waals surface area contributed by atoms with Crippen LogP contribution in [-0.4, -0.2) is 57.6 Å². The van der Waals surface area contributed by atoms with Crippen LogP contribution in [0, 0.1) is 0 Å². The Morgan fingerprint density at radius 1 is 1.38 bits per heavy atom. The predicted octanol–water partition coefficient (Wildman–Crippen LogP) is 0.868. The van der Waals surface area contributed by atoms with Gasteiger partial charge in [0.2, 0.25) is 5.16 Å². The predicted molar refractivity (Wildman–Crippen MR) is 96.5 cm³/mol. The van der Waals surface area contributed by atoms with E-state index in [2.05, 4.69) is 26.2 Å². The molecule has 0 saturated heterocycles. The molecule has 1 aromatic heterocycles. The minimum Gasteiger partial charge on any atom is -0.479 e. The number of nitrogens with zero attached hydrogens (tertiary/aromatic N) is 5. The van der Waals surface area contributed by atoms with Crippen LogP contribution in [0.3, 0.4) is 0 Å². The topological polar surface area (TPSA) is 114 Å². The van der Waals surface area contributed by atoms with Crippen molar-refractivity contribution in [3.8, 4) is 5.75 Å². The van der Waals surface area contributed by atoms with Crippen LogP contribution in [0.1, 0.15) is 6.92 Å². The van der Waals surface area contributed by atoms with Crippen molar-refractivity contribution in [2.24, 2.45) is 7.05 Å². The van der Waals surface area contributed by atoms with Crippen molar-refractivity contribution in [3.05, 3.63) is 18.2 Å². The van der Waals surface area contributed by atoms with Crippen molar-refractivity contribution >= 4 is 35.1 Å². The number of fused-ring (bicyclic) bond motifs is 1. The fourth-order valence-corrected chi connectivity index (χ4v) is 3.12. The number of ether oxygens (including phenoxy) is 1. The van der Waals surface area contributed by atoms with Crippen LogP contribution in [0.15, 0.2) is 23.4 Å². The lowest BCUT2D eigenvalue weighted by Gasteiger charge is -2.30. The lowest BCUT2D eigenvalue weighted by atomic mass is 10.2. The lowest BCUT2D eigenvalue weighted by molar-refractivity contribution is -0.125. The summed E-state index contributed by atoms with van der Waals surface area (Å²) in [5.41, 5.74) is 1.19. The molecule has 1 aromatic carbocycles. The van der Waals surface area contributed by atoms with E-state index in [4.69, 9.17) is 4.74 Å². The van der Waals surface area contributed by atoms with Gasteiger partial charge in [-0.05, 0) is 35.5 Å². The Morgan fingerprint density at radius 2 is 2.19 bits per heavy atom. The first-order valence-electron chi connectivity index (χ1n) is 7.94. The van der Waals surface area contributed by atoms with Crippen LogP contribution in [-0.2, 0) is 11.8 Å². The summed E-state index contributed by atoms with van der Waals surface area (Å²) < 4.78 is 7.13. The summed E-state index contributed by atoms with van der Waals surface area (Å²) in [5, 5.41) is 17.3. The number of thioether (sulfide) groups is 1. The van der Waals surface area contributed by atoms with Gasteiger partial charge in [0.1, 0.15) is 5.75 Å². The second-order valence-corrected chi connectivity index (χ2v) is 6.72. The highest BCUT2D eigenvalue weighted by Crippen LogP contribution is 2.35. The van der Waals surface area contributed by atoms with E-state index in [-0.39, 0.29) is 11.9 Å². The summed E-state index contributed by atoms with van der Waals surface area (Å²) in [4.78, 5) is 25.5. The van der Waals surface area contributed by atoms with Gasteiger partial charge in [-0.25, -0.2) is 9.48 Å². The summed E-state index contributed by atoms with van der Waals surface area (Å²) in [6.45, 7) is 2.16. The average Bonchev–Trinajstić information content (AvgIpc) is 3.02. The van der Waals surface area contributed by atoms with Crippen LogP contribution in [0.2, 0.25) is 0 Å². The molecule has 10 nitrogen and oxygen atoms in total. The number of amides is 3. The second kappa shape index (κ2) is 7.60. The van der Waals surface area contributed by atoms with Gasteiger partial charge in [-0.2, -0.15) is 0 Å². The number of nitrogens with one attached hydrogen (secondary N) is 2. The number of carbonyl (C=O) groups is 2. The molecular weight excluding hydrogens is 358 g/mol. The van der Waals surface area contributed by atoms with E-state index in [0.29, 0.717) is 34.6 Å². The van der Waals surface area contributed by atoms with Gasteiger partial charge in [-0.3, -0.25) is 4.79 Å². The van der Waals surface area contributed by atoms with E-state index in [9.17, 15) is 9.59 Å². The van der Waals surface area contributed by atoms with Crippen molar-refractivity contribution in [3.63, 3.8) is 0 Å². The molecule has 0 saturated carbocycles. The first-order valence-corrected chi connectivity index (χ1v) is 8.92. The molecule has 1 atom stereocenters. The number of rotatable bonds is 5. The van der Waals surface area contributed by atoms with E-state index in [1.807, 2.05) is 0 Å². The Bertz CT molecular complexity index is 825. The van der Waals surface area contributed by atoms with Crippen molar-refractivity contribution in [1.82, 2.24) is 25.5 Å². The highest BCUT2D eigenvalue weighted by molar-refractivity contribution is 7.99. The number of hydrogen-bond acceptors (Lipinski definition) is 7. The zero-order valence-electron chi connectivity index (χ0n) is 14.6. The molecule has 0 fully saturated rings. The third kappa shape index (κ3) is 3.87. The van der Waals surface area contributed by atoms with Crippen molar-refractivity contribution < 1.29 is 14.3 Å². The minimum atomic E-state index is -0.517. The van der Waals surface area contributed by atoms with Crippen LogP contribution < -0.4 is 20.3 Å². The van der Waals surface area contributed by atoms with Gasteiger partial charge in [-0.15, -0.1) is 5.10 Å². The number of tetrazole rings is 1. The summed E-state index contributed by atoms with van der Waals surface area (Å²) >= 11 is 1.44. The molecule has 11 heteroatoms.